The second-order valence-corrected chi connectivity index (χ2v) is 6.62. The predicted octanol–water partition coefficient (Wildman–Crippen LogP) is 1.83. The standard InChI is InChI=1S/C18H22N4O3/c1-12-8-9-21(16(10-12)18(24)25)17(23)11-15-13(2)22(20-19-15)14-6-4-3-5-7-14/h3-7,12,16H,8-11H2,1-2H3,(H,24,25). The van der Waals surface area contributed by atoms with E-state index in [-0.39, 0.29) is 12.3 Å². The molecule has 0 aliphatic carbocycles. The molecular formula is C18H22N4O3. The zero-order valence-corrected chi connectivity index (χ0v) is 14.4. The molecule has 2 aromatic rings. The zero-order valence-electron chi connectivity index (χ0n) is 14.4. The number of carbonyl (C=O) groups excluding carboxylic acids is 1. The summed E-state index contributed by atoms with van der Waals surface area (Å²) in [6.45, 7) is 4.36. The van der Waals surface area contributed by atoms with Gasteiger partial charge in [0, 0.05) is 6.54 Å². The fourth-order valence-corrected chi connectivity index (χ4v) is 3.26. The van der Waals surface area contributed by atoms with Gasteiger partial charge in [0.2, 0.25) is 5.91 Å². The summed E-state index contributed by atoms with van der Waals surface area (Å²) >= 11 is 0. The van der Waals surface area contributed by atoms with Crippen molar-refractivity contribution in [2.24, 2.45) is 5.92 Å². The minimum Gasteiger partial charge on any atom is -0.480 e. The molecule has 7 heteroatoms. The summed E-state index contributed by atoms with van der Waals surface area (Å²) in [4.78, 5) is 25.6. The number of hydrogen-bond acceptors (Lipinski definition) is 4. The van der Waals surface area contributed by atoms with Gasteiger partial charge in [0.1, 0.15) is 6.04 Å². The maximum Gasteiger partial charge on any atom is 0.326 e. The van der Waals surface area contributed by atoms with Gasteiger partial charge >= 0.3 is 5.97 Å². The molecule has 25 heavy (non-hydrogen) atoms. The van der Waals surface area contributed by atoms with Gasteiger partial charge in [0.05, 0.1) is 23.5 Å². The van der Waals surface area contributed by atoms with Crippen LogP contribution in [0.4, 0.5) is 0 Å². The van der Waals surface area contributed by atoms with Gasteiger partial charge in [-0.1, -0.05) is 30.3 Å². The van der Waals surface area contributed by atoms with Crippen LogP contribution in [0, 0.1) is 12.8 Å². The van der Waals surface area contributed by atoms with E-state index < -0.39 is 12.0 Å². The lowest BCUT2D eigenvalue weighted by Gasteiger charge is -2.36. The van der Waals surface area contributed by atoms with Crippen molar-refractivity contribution < 1.29 is 14.7 Å². The van der Waals surface area contributed by atoms with Gasteiger partial charge in [0.15, 0.2) is 0 Å². The summed E-state index contributed by atoms with van der Waals surface area (Å²) in [5, 5.41) is 17.7. The summed E-state index contributed by atoms with van der Waals surface area (Å²) in [6, 6.07) is 8.82. The lowest BCUT2D eigenvalue weighted by Crippen LogP contribution is -2.50. The molecule has 2 heterocycles. The van der Waals surface area contributed by atoms with Crippen LogP contribution >= 0.6 is 0 Å². The van der Waals surface area contributed by atoms with Crippen LogP contribution in [0.25, 0.3) is 5.69 Å². The van der Waals surface area contributed by atoms with E-state index in [2.05, 4.69) is 10.3 Å². The van der Waals surface area contributed by atoms with Crippen LogP contribution in [0.2, 0.25) is 0 Å². The van der Waals surface area contributed by atoms with Crippen LogP contribution in [0.5, 0.6) is 0 Å². The molecule has 132 valence electrons. The van der Waals surface area contributed by atoms with E-state index in [4.69, 9.17) is 0 Å². The Hall–Kier alpha value is -2.70. The van der Waals surface area contributed by atoms with Gasteiger partial charge in [-0.25, -0.2) is 9.48 Å². The minimum atomic E-state index is -0.940. The molecule has 1 fully saturated rings. The Bertz CT molecular complexity index is 772. The normalized spacial score (nSPS) is 20.5. The minimum absolute atomic E-state index is 0.0663. The third-order valence-electron chi connectivity index (χ3n) is 4.78. The number of aromatic nitrogens is 3. The Kier molecular flexibility index (Phi) is 4.83. The molecule has 7 nitrogen and oxygen atoms in total. The second-order valence-electron chi connectivity index (χ2n) is 6.62. The first-order chi connectivity index (χ1) is 12.0. The van der Waals surface area contributed by atoms with Crippen molar-refractivity contribution in [1.29, 1.82) is 0 Å². The van der Waals surface area contributed by atoms with Gasteiger partial charge < -0.3 is 10.0 Å². The number of hydrogen-bond donors (Lipinski definition) is 1. The van der Waals surface area contributed by atoms with Crippen molar-refractivity contribution in [2.45, 2.75) is 39.2 Å². The van der Waals surface area contributed by atoms with E-state index in [1.807, 2.05) is 44.2 Å². The summed E-state index contributed by atoms with van der Waals surface area (Å²) in [6.07, 6.45) is 1.39. The fourth-order valence-electron chi connectivity index (χ4n) is 3.26. The molecule has 0 bridgehead atoms. The number of carbonyl (C=O) groups is 2. The fraction of sp³-hybridized carbons (Fsp3) is 0.444. The number of benzene rings is 1. The van der Waals surface area contributed by atoms with Crippen molar-refractivity contribution in [2.75, 3.05) is 6.54 Å². The van der Waals surface area contributed by atoms with Crippen molar-refractivity contribution in [3.63, 3.8) is 0 Å². The van der Waals surface area contributed by atoms with E-state index in [0.717, 1.165) is 17.8 Å². The first kappa shape index (κ1) is 17.1. The average molecular weight is 342 g/mol. The van der Waals surface area contributed by atoms with E-state index in [1.54, 1.807) is 4.68 Å². The number of para-hydroxylation sites is 1. The molecule has 0 spiro atoms. The molecule has 1 amide bonds. The largest absolute Gasteiger partial charge is 0.480 e. The third-order valence-corrected chi connectivity index (χ3v) is 4.78. The van der Waals surface area contributed by atoms with Crippen molar-refractivity contribution in [3.05, 3.63) is 41.7 Å². The molecule has 1 aromatic heterocycles. The van der Waals surface area contributed by atoms with Crippen LogP contribution < -0.4 is 0 Å². The first-order valence-electron chi connectivity index (χ1n) is 8.46. The zero-order chi connectivity index (χ0) is 18.0. The molecule has 1 aliphatic heterocycles. The lowest BCUT2D eigenvalue weighted by atomic mass is 9.92. The highest BCUT2D eigenvalue weighted by atomic mass is 16.4. The summed E-state index contributed by atoms with van der Waals surface area (Å²) in [7, 11) is 0. The van der Waals surface area contributed by atoms with Crippen molar-refractivity contribution in [3.8, 4) is 5.69 Å². The molecule has 1 aliphatic rings. The number of amides is 1. The summed E-state index contributed by atoms with van der Waals surface area (Å²) in [5.41, 5.74) is 2.25. The predicted molar refractivity (Wildman–Crippen MR) is 91.3 cm³/mol. The molecule has 3 rings (SSSR count). The Morgan fingerprint density at radius 2 is 2.00 bits per heavy atom. The number of carboxylic acids is 1. The molecule has 2 unspecified atom stereocenters. The van der Waals surface area contributed by atoms with E-state index in [9.17, 15) is 14.7 Å². The lowest BCUT2D eigenvalue weighted by molar-refractivity contribution is -0.152. The molecule has 0 saturated carbocycles. The van der Waals surface area contributed by atoms with Gasteiger partial charge in [-0.05, 0) is 37.8 Å². The smallest absolute Gasteiger partial charge is 0.326 e. The average Bonchev–Trinajstić information content (AvgIpc) is 2.96. The van der Waals surface area contributed by atoms with Gasteiger partial charge in [-0.3, -0.25) is 4.79 Å². The first-order valence-corrected chi connectivity index (χ1v) is 8.46. The number of piperidine rings is 1. The number of rotatable bonds is 4. The van der Waals surface area contributed by atoms with E-state index >= 15 is 0 Å². The molecule has 1 N–H and O–H groups in total. The van der Waals surface area contributed by atoms with Gasteiger partial charge in [-0.2, -0.15) is 0 Å². The SMILES string of the molecule is Cc1c(CC(=O)N2CCC(C)CC2C(=O)O)nnn1-c1ccccc1. The van der Waals surface area contributed by atoms with Gasteiger partial charge in [0.25, 0.3) is 0 Å². The van der Waals surface area contributed by atoms with Crippen LogP contribution in [0.1, 0.15) is 31.2 Å². The van der Waals surface area contributed by atoms with Crippen LogP contribution in [0.3, 0.4) is 0 Å². The van der Waals surface area contributed by atoms with E-state index in [1.165, 1.54) is 4.90 Å². The number of likely N-dealkylation sites (tertiary alicyclic amines) is 1. The van der Waals surface area contributed by atoms with Crippen LogP contribution in [-0.2, 0) is 16.0 Å². The van der Waals surface area contributed by atoms with Crippen LogP contribution in [-0.4, -0.2) is 49.5 Å². The molecule has 1 aromatic carbocycles. The Morgan fingerprint density at radius 3 is 2.68 bits per heavy atom. The maximum atomic E-state index is 12.7. The van der Waals surface area contributed by atoms with Gasteiger partial charge in [-0.15, -0.1) is 5.10 Å². The quantitative estimate of drug-likeness (QED) is 0.916. The third kappa shape index (κ3) is 3.55. The molecule has 1 saturated heterocycles. The van der Waals surface area contributed by atoms with Crippen molar-refractivity contribution >= 4 is 11.9 Å². The highest BCUT2D eigenvalue weighted by Crippen LogP contribution is 2.24. The highest BCUT2D eigenvalue weighted by molar-refractivity contribution is 5.85. The van der Waals surface area contributed by atoms with Crippen molar-refractivity contribution in [1.82, 2.24) is 19.9 Å². The Balaban J connectivity index is 1.77. The van der Waals surface area contributed by atoms with E-state index in [0.29, 0.717) is 24.6 Å². The Labute approximate surface area is 146 Å². The summed E-state index contributed by atoms with van der Waals surface area (Å²) in [5.74, 6) is -0.835. The number of nitrogens with zero attached hydrogens (tertiary/aromatic N) is 4. The van der Waals surface area contributed by atoms with Crippen LogP contribution in [0.15, 0.2) is 30.3 Å². The monoisotopic (exact) mass is 342 g/mol. The highest BCUT2D eigenvalue weighted by Gasteiger charge is 2.35. The Morgan fingerprint density at radius 1 is 1.28 bits per heavy atom. The molecular weight excluding hydrogens is 320 g/mol. The maximum absolute atomic E-state index is 12.7. The number of aliphatic carboxylic acids is 1. The molecule has 2 atom stereocenters. The number of carboxylic acid groups (broad SMARTS) is 1. The molecule has 0 radical (unpaired) electrons. The second kappa shape index (κ2) is 7.04. The topological polar surface area (TPSA) is 88.3 Å². The summed E-state index contributed by atoms with van der Waals surface area (Å²) < 4.78 is 1.69.